The molecule has 1 aromatic rings. The first-order valence-corrected chi connectivity index (χ1v) is 8.05. The van der Waals surface area contributed by atoms with E-state index in [0.29, 0.717) is 18.4 Å². The third kappa shape index (κ3) is 5.77. The van der Waals surface area contributed by atoms with Crippen molar-refractivity contribution in [2.45, 2.75) is 64.5 Å². The molecule has 1 fully saturated rings. The van der Waals surface area contributed by atoms with E-state index in [-0.39, 0.29) is 17.0 Å². The summed E-state index contributed by atoms with van der Waals surface area (Å²) in [6.45, 7) is 4.18. The van der Waals surface area contributed by atoms with Crippen molar-refractivity contribution in [1.29, 1.82) is 0 Å². The maximum absolute atomic E-state index is 12.3. The number of hydrogen-bond donors (Lipinski definition) is 0. The molecule has 1 unspecified atom stereocenters. The molecule has 4 heteroatoms. The van der Waals surface area contributed by atoms with Crippen LogP contribution >= 0.6 is 0 Å². The topological polar surface area (TPSA) is 24.2 Å². The van der Waals surface area contributed by atoms with E-state index in [4.69, 9.17) is 0 Å². The Bertz CT molecular complexity index is 411. The quantitative estimate of drug-likeness (QED) is 0.518. The van der Waals surface area contributed by atoms with Crippen LogP contribution < -0.4 is 21.5 Å². The van der Waals surface area contributed by atoms with E-state index in [1.165, 1.54) is 19.3 Å². The van der Waals surface area contributed by atoms with Crippen LogP contribution in [-0.2, 0) is 11.3 Å². The highest BCUT2D eigenvalue weighted by atomic mass is 79.9. The number of rotatable bonds is 6. The lowest BCUT2D eigenvalue weighted by atomic mass is 9.99. The number of carbonyl (C=O) groups excluding carboxylic acids is 1. The van der Waals surface area contributed by atoms with Crippen molar-refractivity contribution in [2.75, 3.05) is 6.54 Å². The van der Waals surface area contributed by atoms with Crippen LogP contribution in [0.3, 0.4) is 0 Å². The van der Waals surface area contributed by atoms with Gasteiger partial charge in [-0.15, -0.1) is 0 Å². The zero-order valence-corrected chi connectivity index (χ0v) is 14.6. The number of piperidine rings is 1. The Kier molecular flexibility index (Phi) is 8.58. The van der Waals surface area contributed by atoms with Gasteiger partial charge in [0.05, 0.1) is 0 Å². The van der Waals surface area contributed by atoms with Gasteiger partial charge in [-0.25, -0.2) is 4.57 Å². The second-order valence-corrected chi connectivity index (χ2v) is 5.72. The number of likely N-dealkylation sites (tertiary alicyclic amines) is 1. The van der Waals surface area contributed by atoms with E-state index < -0.39 is 0 Å². The Hall–Kier alpha value is -0.900. The second kappa shape index (κ2) is 9.93. The van der Waals surface area contributed by atoms with Crippen molar-refractivity contribution in [3.63, 3.8) is 0 Å². The van der Waals surface area contributed by atoms with Crippen LogP contribution in [0, 0.1) is 0 Å². The Morgan fingerprint density at radius 2 is 1.95 bits per heavy atom. The van der Waals surface area contributed by atoms with Crippen LogP contribution in [0.5, 0.6) is 0 Å². The molecule has 0 saturated carbocycles. The number of halogens is 1. The van der Waals surface area contributed by atoms with Crippen molar-refractivity contribution >= 4 is 5.91 Å². The molecule has 118 valence electrons. The molecule has 1 atom stereocenters. The largest absolute Gasteiger partial charge is 1.00 e. The third-order valence-electron chi connectivity index (χ3n) is 4.25. The van der Waals surface area contributed by atoms with E-state index in [1.807, 2.05) is 18.2 Å². The van der Waals surface area contributed by atoms with Crippen molar-refractivity contribution in [1.82, 2.24) is 4.90 Å². The molecule has 2 rings (SSSR count). The number of nitrogens with zero attached hydrogens (tertiary/aromatic N) is 2. The van der Waals surface area contributed by atoms with E-state index in [1.54, 1.807) is 0 Å². The minimum absolute atomic E-state index is 0. The van der Waals surface area contributed by atoms with Gasteiger partial charge in [0, 0.05) is 37.6 Å². The maximum atomic E-state index is 12.3. The minimum Gasteiger partial charge on any atom is -1.00 e. The Labute approximate surface area is 139 Å². The Morgan fingerprint density at radius 1 is 1.19 bits per heavy atom. The van der Waals surface area contributed by atoms with Crippen LogP contribution in [0.25, 0.3) is 0 Å². The zero-order valence-electron chi connectivity index (χ0n) is 13.0. The summed E-state index contributed by atoms with van der Waals surface area (Å²) in [6.07, 6.45) is 11.7. The van der Waals surface area contributed by atoms with Crippen molar-refractivity contribution in [2.24, 2.45) is 0 Å². The van der Waals surface area contributed by atoms with Gasteiger partial charge in [-0.1, -0.05) is 13.0 Å². The van der Waals surface area contributed by atoms with E-state index >= 15 is 0 Å². The average molecular weight is 355 g/mol. The highest BCUT2D eigenvalue weighted by molar-refractivity contribution is 5.76. The lowest BCUT2D eigenvalue weighted by Gasteiger charge is -2.35. The highest BCUT2D eigenvalue weighted by Crippen LogP contribution is 2.20. The first kappa shape index (κ1) is 18.1. The van der Waals surface area contributed by atoms with Gasteiger partial charge in [-0.05, 0) is 32.1 Å². The molecule has 2 heterocycles. The third-order valence-corrected chi connectivity index (χ3v) is 4.25. The van der Waals surface area contributed by atoms with E-state index in [0.717, 1.165) is 32.4 Å². The second-order valence-electron chi connectivity index (χ2n) is 5.72. The predicted molar refractivity (Wildman–Crippen MR) is 80.1 cm³/mol. The molecule has 1 amide bonds. The van der Waals surface area contributed by atoms with E-state index in [2.05, 4.69) is 28.8 Å². The molecular weight excluding hydrogens is 328 g/mol. The number of carbonyl (C=O) groups is 1. The summed E-state index contributed by atoms with van der Waals surface area (Å²) < 4.78 is 2.18. The summed E-state index contributed by atoms with van der Waals surface area (Å²) in [5, 5.41) is 0. The number of aromatic nitrogens is 1. The lowest BCUT2D eigenvalue weighted by Crippen LogP contribution is -3.00. The smallest absolute Gasteiger partial charge is 0.222 e. The summed E-state index contributed by atoms with van der Waals surface area (Å²) in [7, 11) is 0. The first-order valence-electron chi connectivity index (χ1n) is 8.05. The highest BCUT2D eigenvalue weighted by Gasteiger charge is 2.24. The normalized spacial score (nSPS) is 18.1. The van der Waals surface area contributed by atoms with Gasteiger partial charge < -0.3 is 21.9 Å². The molecule has 1 aliphatic rings. The van der Waals surface area contributed by atoms with Crippen LogP contribution in [0.1, 0.15) is 51.9 Å². The van der Waals surface area contributed by atoms with Gasteiger partial charge in [0.1, 0.15) is 6.54 Å². The maximum Gasteiger partial charge on any atom is 0.222 e. The van der Waals surface area contributed by atoms with Gasteiger partial charge in [0.15, 0.2) is 12.4 Å². The number of amides is 1. The molecule has 0 radical (unpaired) electrons. The van der Waals surface area contributed by atoms with Crippen molar-refractivity contribution in [3.05, 3.63) is 30.6 Å². The lowest BCUT2D eigenvalue weighted by molar-refractivity contribution is -0.697. The fraction of sp³-hybridized carbons (Fsp3) is 0.647. The molecule has 0 N–H and O–H groups in total. The fourth-order valence-electron chi connectivity index (χ4n) is 3.05. The summed E-state index contributed by atoms with van der Waals surface area (Å²) in [5.74, 6) is 0.370. The monoisotopic (exact) mass is 354 g/mol. The number of unbranched alkanes of at least 4 members (excludes halogenated alkanes) is 1. The summed E-state index contributed by atoms with van der Waals surface area (Å²) in [5.41, 5.74) is 0. The molecule has 1 aliphatic heterocycles. The number of hydrogen-bond acceptors (Lipinski definition) is 1. The summed E-state index contributed by atoms with van der Waals surface area (Å²) in [4.78, 5) is 14.4. The first-order chi connectivity index (χ1) is 9.81. The number of pyridine rings is 1. The SMILES string of the molecule is CCC1CCCCN1C(=O)CCCC[n+]1ccccc1.[Br-]. The van der Waals surface area contributed by atoms with Gasteiger partial charge in [-0.3, -0.25) is 4.79 Å². The van der Waals surface area contributed by atoms with Crippen LogP contribution in [0.4, 0.5) is 0 Å². The summed E-state index contributed by atoms with van der Waals surface area (Å²) in [6, 6.07) is 6.62. The molecule has 21 heavy (non-hydrogen) atoms. The fourth-order valence-corrected chi connectivity index (χ4v) is 3.05. The van der Waals surface area contributed by atoms with Crippen LogP contribution in [-0.4, -0.2) is 23.4 Å². The van der Waals surface area contributed by atoms with Crippen molar-refractivity contribution < 1.29 is 26.3 Å². The van der Waals surface area contributed by atoms with Gasteiger partial charge in [0.2, 0.25) is 5.91 Å². The van der Waals surface area contributed by atoms with Gasteiger partial charge in [-0.2, -0.15) is 0 Å². The molecule has 3 nitrogen and oxygen atoms in total. The van der Waals surface area contributed by atoms with E-state index in [9.17, 15) is 4.79 Å². The standard InChI is InChI=1S/C17H27N2O.BrH/c1-2-16-10-4-9-15-19(16)17(20)11-5-8-14-18-12-6-3-7-13-18;/h3,6-7,12-13,16H,2,4-5,8-11,14-15H2,1H3;1H/q+1;/p-1. The number of aryl methyl sites for hydroxylation is 1. The zero-order chi connectivity index (χ0) is 14.2. The molecule has 1 saturated heterocycles. The molecule has 0 spiro atoms. The Morgan fingerprint density at radius 3 is 2.67 bits per heavy atom. The molecule has 0 bridgehead atoms. The Balaban J connectivity index is 0.00000220. The molecular formula is C17H27BrN2O. The van der Waals surface area contributed by atoms with Gasteiger partial charge >= 0.3 is 0 Å². The summed E-state index contributed by atoms with van der Waals surface area (Å²) >= 11 is 0. The molecule has 0 aliphatic carbocycles. The molecule has 0 aromatic carbocycles. The van der Waals surface area contributed by atoms with Crippen LogP contribution in [0.2, 0.25) is 0 Å². The van der Waals surface area contributed by atoms with Crippen molar-refractivity contribution in [3.8, 4) is 0 Å². The predicted octanol–water partition coefficient (Wildman–Crippen LogP) is -0.0605. The average Bonchev–Trinajstić information content (AvgIpc) is 2.52. The molecule has 1 aromatic heterocycles. The van der Waals surface area contributed by atoms with Gasteiger partial charge in [0.25, 0.3) is 0 Å². The minimum atomic E-state index is 0. The van der Waals surface area contributed by atoms with Crippen LogP contribution in [0.15, 0.2) is 30.6 Å².